The minimum Gasteiger partial charge on any atom is -0.458 e. The lowest BCUT2D eigenvalue weighted by atomic mass is 9.31. The number of hydrogen-bond acceptors (Lipinski definition) is 6. The molecule has 0 amide bonds. The zero-order valence-corrected chi connectivity index (χ0v) is 50.9. The predicted molar refractivity (Wildman–Crippen MR) is 388 cm³/mol. The normalized spacial score (nSPS) is 12.7. The third kappa shape index (κ3) is 8.89. The Morgan fingerprint density at radius 2 is 0.772 bits per heavy atom. The quantitative estimate of drug-likeness (QED) is 0.120. The second-order valence-corrected chi connectivity index (χ2v) is 25.0. The predicted octanol–water partition coefficient (Wildman–Crippen LogP) is 18.8. The topological polar surface area (TPSA) is 22.2 Å². The molecule has 0 fully saturated rings. The summed E-state index contributed by atoms with van der Waals surface area (Å²) in [5, 5.41) is 0. The van der Waals surface area contributed by atoms with Crippen molar-refractivity contribution >= 4 is 126 Å². The molecule has 0 aliphatic carbocycles. The molecule has 0 N–H and O–H groups in total. The first kappa shape index (κ1) is 53.6. The Balaban J connectivity index is 0.928. The summed E-state index contributed by atoms with van der Waals surface area (Å²) >= 11 is 1.86. The van der Waals surface area contributed by atoms with Gasteiger partial charge in [0, 0.05) is 72.5 Å². The zero-order valence-electron chi connectivity index (χ0n) is 50.1. The van der Waals surface area contributed by atoms with Gasteiger partial charge in [0.15, 0.2) is 0 Å². The molecular weight excluding hydrogens is 1130 g/mol. The Labute approximate surface area is 541 Å². The van der Waals surface area contributed by atoms with Gasteiger partial charge in [-0.25, -0.2) is 0 Å². The fourth-order valence-corrected chi connectivity index (χ4v) is 16.0. The van der Waals surface area contributed by atoms with Crippen molar-refractivity contribution in [2.45, 2.75) is 9.79 Å². The number of hydrogen-bond donors (Lipinski definition) is 0. The highest BCUT2D eigenvalue weighted by atomic mass is 32.2. The van der Waals surface area contributed by atoms with Crippen LogP contribution in [0.3, 0.4) is 0 Å². The molecule has 0 saturated heterocycles. The minimum absolute atomic E-state index is 0.109. The van der Waals surface area contributed by atoms with Crippen LogP contribution in [0.25, 0.3) is 33.4 Å². The maximum absolute atomic E-state index is 7.15. The Morgan fingerprint density at radius 3 is 1.46 bits per heavy atom. The number of para-hydroxylation sites is 7. The first-order valence-corrected chi connectivity index (χ1v) is 32.4. The second-order valence-electron chi connectivity index (χ2n) is 23.9. The smallest absolute Gasteiger partial charge is 0.253 e. The van der Waals surface area contributed by atoms with Gasteiger partial charge < -0.3 is 24.3 Å². The molecule has 4 aliphatic heterocycles. The summed E-state index contributed by atoms with van der Waals surface area (Å²) < 4.78 is 7.15. The van der Waals surface area contributed by atoms with Crippen LogP contribution in [0.1, 0.15) is 0 Å². The molecule has 14 aromatic carbocycles. The fourth-order valence-electron chi connectivity index (χ4n) is 14.8. The van der Waals surface area contributed by atoms with Crippen molar-refractivity contribution in [2.75, 3.05) is 19.6 Å². The third-order valence-electron chi connectivity index (χ3n) is 18.7. The number of fused-ring (bicyclic) bond motifs is 8. The van der Waals surface area contributed by atoms with Gasteiger partial charge in [-0.2, -0.15) is 0 Å². The number of rotatable bonds is 11. The number of benzene rings is 14. The van der Waals surface area contributed by atoms with E-state index in [1.165, 1.54) is 48.1 Å². The average molecular weight is 1190 g/mol. The molecule has 430 valence electrons. The molecule has 14 aromatic rings. The van der Waals surface area contributed by atoms with Crippen LogP contribution in [0.15, 0.2) is 350 Å². The monoisotopic (exact) mass is 1190 g/mol. The van der Waals surface area contributed by atoms with Crippen LogP contribution in [0.4, 0.5) is 68.2 Å². The summed E-state index contributed by atoms with van der Waals surface area (Å²) in [6.45, 7) is -0.281. The van der Waals surface area contributed by atoms with Gasteiger partial charge in [-0.05, 0) is 147 Å². The lowest BCUT2D eigenvalue weighted by Crippen LogP contribution is -2.64. The van der Waals surface area contributed by atoms with E-state index in [4.69, 9.17) is 4.74 Å². The second kappa shape index (κ2) is 22.2. The van der Waals surface area contributed by atoms with Crippen molar-refractivity contribution in [3.63, 3.8) is 0 Å². The first-order valence-electron chi connectivity index (χ1n) is 31.5. The van der Waals surface area contributed by atoms with Crippen molar-refractivity contribution in [1.29, 1.82) is 0 Å². The van der Waals surface area contributed by atoms with Gasteiger partial charge in [0.05, 0.1) is 22.7 Å². The zero-order chi connectivity index (χ0) is 60.6. The van der Waals surface area contributed by atoms with Crippen LogP contribution >= 0.6 is 11.8 Å². The lowest BCUT2D eigenvalue weighted by molar-refractivity contribution is 0.486. The molecule has 5 nitrogen and oxygen atoms in total. The van der Waals surface area contributed by atoms with E-state index in [2.05, 4.69) is 359 Å². The molecule has 18 rings (SSSR count). The maximum atomic E-state index is 7.15. The van der Waals surface area contributed by atoms with E-state index >= 15 is 0 Å². The van der Waals surface area contributed by atoms with Crippen LogP contribution in [-0.4, -0.2) is 13.4 Å². The van der Waals surface area contributed by atoms with Crippen molar-refractivity contribution in [3.8, 4) is 44.9 Å². The summed E-state index contributed by atoms with van der Waals surface area (Å²) in [4.78, 5) is 12.4. The van der Waals surface area contributed by atoms with Crippen LogP contribution in [0.2, 0.25) is 0 Å². The van der Waals surface area contributed by atoms with Gasteiger partial charge in [-0.15, -0.1) is 0 Å². The van der Waals surface area contributed by atoms with Crippen molar-refractivity contribution in [2.24, 2.45) is 0 Å². The molecule has 4 heterocycles. The molecule has 0 saturated carbocycles. The molecule has 0 atom stereocenters. The largest absolute Gasteiger partial charge is 0.458 e. The van der Waals surface area contributed by atoms with E-state index in [9.17, 15) is 0 Å². The summed E-state index contributed by atoms with van der Waals surface area (Å²) in [6, 6.07) is 125. The van der Waals surface area contributed by atoms with Crippen LogP contribution in [0.5, 0.6) is 11.5 Å². The maximum Gasteiger partial charge on any atom is 0.253 e. The lowest BCUT2D eigenvalue weighted by Gasteiger charge is -2.46. The Kier molecular flexibility index (Phi) is 13.0. The Bertz CT molecular complexity index is 5100. The highest BCUT2D eigenvalue weighted by molar-refractivity contribution is 8.00. The van der Waals surface area contributed by atoms with E-state index in [0.717, 1.165) is 108 Å². The Hall–Kier alpha value is -11.4. The molecule has 0 bridgehead atoms. The van der Waals surface area contributed by atoms with E-state index in [0.29, 0.717) is 0 Å². The number of nitrogens with zero attached hydrogens (tertiary/aromatic N) is 4. The van der Waals surface area contributed by atoms with Crippen molar-refractivity contribution < 1.29 is 4.74 Å². The van der Waals surface area contributed by atoms with Crippen molar-refractivity contribution in [1.82, 2.24) is 0 Å². The Morgan fingerprint density at radius 1 is 0.272 bits per heavy atom. The molecule has 8 heteroatoms. The number of ether oxygens (including phenoxy) is 1. The third-order valence-corrected chi connectivity index (χ3v) is 19.8. The minimum atomic E-state index is -0.172. The molecule has 92 heavy (non-hydrogen) atoms. The van der Waals surface area contributed by atoms with E-state index in [-0.39, 0.29) is 13.4 Å². The molecule has 4 aliphatic rings. The summed E-state index contributed by atoms with van der Waals surface area (Å²) in [7, 11) is 0. The van der Waals surface area contributed by atoms with Crippen LogP contribution in [-0.2, 0) is 0 Å². The average Bonchev–Trinajstić information content (AvgIpc) is 0.691. The van der Waals surface area contributed by atoms with E-state index in [1.807, 2.05) is 11.8 Å². The van der Waals surface area contributed by atoms with Gasteiger partial charge >= 0.3 is 0 Å². The van der Waals surface area contributed by atoms with Crippen LogP contribution in [0, 0.1) is 0 Å². The fraction of sp³-hybridized carbons (Fsp3) is 0. The van der Waals surface area contributed by atoms with Gasteiger partial charge in [0.25, 0.3) is 13.4 Å². The summed E-state index contributed by atoms with van der Waals surface area (Å²) in [6.07, 6.45) is 0. The molecule has 0 spiro atoms. The van der Waals surface area contributed by atoms with Crippen molar-refractivity contribution in [3.05, 3.63) is 340 Å². The van der Waals surface area contributed by atoms with E-state index < -0.39 is 0 Å². The SMILES string of the molecule is c1ccc(-c2ccc(N(c3cc4c5c(c3)N(c3ccccc3-c3ccccc3)c3cc6c(cc3B5c3ccccc3N4c3ccccc3)B3c4ccccc4Oc4cc(N(c5ccccc5)c5ccccc5)cc(c43)S6)c3ccccc3-c3ccccc3)cc2)cc1. The molecule has 0 radical (unpaired) electrons. The van der Waals surface area contributed by atoms with Gasteiger partial charge in [0.2, 0.25) is 0 Å². The first-order chi connectivity index (χ1) is 45.7. The van der Waals surface area contributed by atoms with Gasteiger partial charge in [0.1, 0.15) is 11.5 Å². The van der Waals surface area contributed by atoms with Gasteiger partial charge in [-0.1, -0.05) is 254 Å². The highest BCUT2D eigenvalue weighted by Gasteiger charge is 2.47. The van der Waals surface area contributed by atoms with E-state index in [1.54, 1.807) is 0 Å². The van der Waals surface area contributed by atoms with Gasteiger partial charge in [-0.3, -0.25) is 0 Å². The van der Waals surface area contributed by atoms with Crippen LogP contribution < -0.4 is 57.1 Å². The molecule has 0 aromatic heterocycles. The highest BCUT2D eigenvalue weighted by Crippen LogP contribution is 2.52. The molecular formula is C84H56B2N4OS. The number of anilines is 12. The molecule has 0 unspecified atom stereocenters. The summed E-state index contributed by atoms with van der Waals surface area (Å²) in [5.41, 5.74) is 27.3. The standard InChI is InChI=1S/C84H56B2N4OS/c1-7-27-57(28-8-1)58-47-49-64(50-48-58)88(73-43-23-19-39-67(73)59-29-9-2-10-30-59)65-51-77-83-78(52-65)90(74-44-24-20-40-68(74)60-31-11-3-12-32-60)76-56-81-72(55-71(76)85(83)69-41-21-25-45-75(69)89(77)63-37-17-6-18-38-63)86-70-42-22-26-46-79(70)91-80-53-66(54-82(92-81)84(80)86)87(61-33-13-4-14-34-61)62-35-15-5-16-36-62/h1-56H. The summed E-state index contributed by atoms with van der Waals surface area (Å²) in [5.74, 6) is 1.75.